The molecule has 0 saturated heterocycles. The molecule has 1 aromatic rings. The van der Waals surface area contributed by atoms with E-state index in [1.165, 1.54) is 64.2 Å². The van der Waals surface area contributed by atoms with E-state index in [1.54, 1.807) is 12.1 Å². The van der Waals surface area contributed by atoms with Gasteiger partial charge in [-0.1, -0.05) is 114 Å². The quantitative estimate of drug-likeness (QED) is 0.215. The highest BCUT2D eigenvalue weighted by molar-refractivity contribution is 7.80. The van der Waals surface area contributed by atoms with Crippen LogP contribution < -0.4 is 0 Å². The SMILES string of the molecule is CCCCCCCCCCCCS.O=C(c1ccccc1)C1(O)CCCCC1. The topological polar surface area (TPSA) is 37.3 Å². The van der Waals surface area contributed by atoms with Crippen LogP contribution in [0.3, 0.4) is 0 Å². The summed E-state index contributed by atoms with van der Waals surface area (Å²) in [6.07, 6.45) is 18.4. The zero-order chi connectivity index (χ0) is 20.5. The first-order valence-electron chi connectivity index (χ1n) is 11.6. The molecule has 1 aromatic carbocycles. The predicted octanol–water partition coefficient (Wildman–Crippen LogP) is 7.40. The van der Waals surface area contributed by atoms with Gasteiger partial charge in [0.2, 0.25) is 0 Å². The fraction of sp³-hybridized carbons (Fsp3) is 0.720. The highest BCUT2D eigenvalue weighted by Gasteiger charge is 2.37. The summed E-state index contributed by atoms with van der Waals surface area (Å²) >= 11 is 4.20. The highest BCUT2D eigenvalue weighted by atomic mass is 32.1. The molecule has 3 heteroatoms. The molecule has 1 aliphatic rings. The Morgan fingerprint density at radius 3 is 1.86 bits per heavy atom. The van der Waals surface area contributed by atoms with Crippen LogP contribution in [-0.4, -0.2) is 22.2 Å². The van der Waals surface area contributed by atoms with Gasteiger partial charge in [-0.2, -0.15) is 12.6 Å². The largest absolute Gasteiger partial charge is 0.382 e. The number of hydrogen-bond donors (Lipinski definition) is 2. The molecule has 0 aromatic heterocycles. The third-order valence-corrected chi connectivity index (χ3v) is 5.97. The normalized spacial score (nSPS) is 15.5. The minimum absolute atomic E-state index is 0.109. The first kappa shape index (κ1) is 25.2. The van der Waals surface area contributed by atoms with Gasteiger partial charge in [0, 0.05) is 5.56 Å². The fourth-order valence-corrected chi connectivity index (χ4v) is 4.04. The molecule has 0 aliphatic heterocycles. The van der Waals surface area contributed by atoms with E-state index in [1.807, 2.05) is 18.2 Å². The minimum Gasteiger partial charge on any atom is -0.382 e. The number of carbonyl (C=O) groups excluding carboxylic acids is 1. The second kappa shape index (κ2) is 16.0. The molecule has 0 unspecified atom stereocenters. The van der Waals surface area contributed by atoms with Gasteiger partial charge in [0.05, 0.1) is 0 Å². The summed E-state index contributed by atoms with van der Waals surface area (Å²) in [5.74, 6) is 0.957. The van der Waals surface area contributed by atoms with E-state index in [0.717, 1.165) is 25.0 Å². The van der Waals surface area contributed by atoms with Crippen LogP contribution in [0.4, 0.5) is 0 Å². The zero-order valence-electron chi connectivity index (χ0n) is 18.0. The van der Waals surface area contributed by atoms with Crippen LogP contribution in [0.1, 0.15) is 114 Å². The maximum atomic E-state index is 12.1. The predicted molar refractivity (Wildman–Crippen MR) is 125 cm³/mol. The lowest BCUT2D eigenvalue weighted by atomic mass is 9.79. The molecule has 0 heterocycles. The molecule has 1 N–H and O–H groups in total. The molecule has 1 saturated carbocycles. The molecule has 1 fully saturated rings. The monoisotopic (exact) mass is 406 g/mol. The van der Waals surface area contributed by atoms with Crippen molar-refractivity contribution in [2.45, 2.75) is 109 Å². The van der Waals surface area contributed by atoms with E-state index in [9.17, 15) is 9.90 Å². The molecule has 0 radical (unpaired) electrons. The van der Waals surface area contributed by atoms with Crippen molar-refractivity contribution in [3.05, 3.63) is 35.9 Å². The second-order valence-electron chi connectivity index (χ2n) is 8.19. The van der Waals surface area contributed by atoms with Gasteiger partial charge in [0.25, 0.3) is 0 Å². The van der Waals surface area contributed by atoms with Gasteiger partial charge in [-0.15, -0.1) is 0 Å². The van der Waals surface area contributed by atoms with Crippen LogP contribution in [0.15, 0.2) is 30.3 Å². The fourth-order valence-electron chi connectivity index (χ4n) is 3.82. The average molecular weight is 407 g/mol. The summed E-state index contributed by atoms with van der Waals surface area (Å²) in [6, 6.07) is 9.09. The molecular weight excluding hydrogens is 364 g/mol. The van der Waals surface area contributed by atoms with Crippen LogP contribution in [0, 0.1) is 0 Å². The van der Waals surface area contributed by atoms with E-state index in [4.69, 9.17) is 0 Å². The van der Waals surface area contributed by atoms with Gasteiger partial charge >= 0.3 is 0 Å². The maximum Gasteiger partial charge on any atom is 0.194 e. The Hall–Kier alpha value is -0.800. The number of unbranched alkanes of at least 4 members (excludes halogenated alkanes) is 9. The lowest BCUT2D eigenvalue weighted by Crippen LogP contribution is -2.40. The van der Waals surface area contributed by atoms with Crippen molar-refractivity contribution in [3.8, 4) is 0 Å². The molecule has 1 aliphatic carbocycles. The van der Waals surface area contributed by atoms with Crippen molar-refractivity contribution in [1.29, 1.82) is 0 Å². The third-order valence-electron chi connectivity index (χ3n) is 5.65. The molecule has 28 heavy (non-hydrogen) atoms. The standard InChI is InChI=1S/C13H16O2.C12H26S/c14-12(11-7-3-1-4-8-11)13(15)9-5-2-6-10-13;1-2-3-4-5-6-7-8-9-10-11-12-13/h1,3-4,7-8,15H,2,5-6,9-10H2;13H,2-12H2,1H3. The molecule has 160 valence electrons. The molecule has 2 rings (SSSR count). The number of benzene rings is 1. The number of hydrogen-bond acceptors (Lipinski definition) is 3. The van der Waals surface area contributed by atoms with Crippen molar-refractivity contribution < 1.29 is 9.90 Å². The Balaban J connectivity index is 0.000000284. The maximum absolute atomic E-state index is 12.1. The van der Waals surface area contributed by atoms with E-state index < -0.39 is 5.60 Å². The van der Waals surface area contributed by atoms with Crippen LogP contribution in [-0.2, 0) is 0 Å². The third kappa shape index (κ3) is 10.7. The Morgan fingerprint density at radius 1 is 0.857 bits per heavy atom. The summed E-state index contributed by atoms with van der Waals surface area (Å²) in [7, 11) is 0. The minimum atomic E-state index is -1.10. The van der Waals surface area contributed by atoms with Crippen molar-refractivity contribution >= 4 is 18.4 Å². The van der Waals surface area contributed by atoms with E-state index >= 15 is 0 Å². The zero-order valence-corrected chi connectivity index (χ0v) is 18.9. The van der Waals surface area contributed by atoms with Crippen LogP contribution in [0.25, 0.3) is 0 Å². The van der Waals surface area contributed by atoms with Gasteiger partial charge in [-0.25, -0.2) is 0 Å². The molecule has 0 bridgehead atoms. The lowest BCUT2D eigenvalue weighted by Gasteiger charge is -2.30. The van der Waals surface area contributed by atoms with Crippen LogP contribution in [0.2, 0.25) is 0 Å². The Kier molecular flexibility index (Phi) is 14.5. The van der Waals surface area contributed by atoms with Crippen molar-refractivity contribution in [2.75, 3.05) is 5.75 Å². The first-order chi connectivity index (χ1) is 13.6. The summed E-state index contributed by atoms with van der Waals surface area (Å²) in [5.41, 5.74) is -0.471. The van der Waals surface area contributed by atoms with E-state index in [-0.39, 0.29) is 5.78 Å². The number of ketones is 1. The molecule has 0 amide bonds. The van der Waals surface area contributed by atoms with Crippen molar-refractivity contribution in [2.24, 2.45) is 0 Å². The second-order valence-corrected chi connectivity index (χ2v) is 8.64. The summed E-state index contributed by atoms with van der Waals surface area (Å²) < 4.78 is 0. The smallest absolute Gasteiger partial charge is 0.194 e. The molecule has 2 nitrogen and oxygen atoms in total. The van der Waals surface area contributed by atoms with Gasteiger partial charge < -0.3 is 5.11 Å². The number of carbonyl (C=O) groups is 1. The molecular formula is C25H42O2S. The number of rotatable bonds is 12. The Morgan fingerprint density at radius 2 is 1.36 bits per heavy atom. The number of thiol groups is 1. The summed E-state index contributed by atoms with van der Waals surface area (Å²) in [6.45, 7) is 2.28. The lowest BCUT2D eigenvalue weighted by molar-refractivity contribution is 0.0116. The molecule has 0 spiro atoms. The first-order valence-corrected chi connectivity index (χ1v) is 12.2. The van der Waals surface area contributed by atoms with Gasteiger partial charge in [-0.3, -0.25) is 4.79 Å². The van der Waals surface area contributed by atoms with Crippen molar-refractivity contribution in [1.82, 2.24) is 0 Å². The van der Waals surface area contributed by atoms with Gasteiger partial charge in [0.15, 0.2) is 5.78 Å². The van der Waals surface area contributed by atoms with E-state index in [2.05, 4.69) is 19.6 Å². The highest BCUT2D eigenvalue weighted by Crippen LogP contribution is 2.31. The summed E-state index contributed by atoms with van der Waals surface area (Å²) in [5, 5.41) is 10.2. The van der Waals surface area contributed by atoms with E-state index in [0.29, 0.717) is 18.4 Å². The van der Waals surface area contributed by atoms with Gasteiger partial charge in [-0.05, 0) is 25.0 Å². The number of Topliss-reactive ketones (excluding diaryl/α,β-unsaturated/α-hetero) is 1. The van der Waals surface area contributed by atoms with Crippen LogP contribution in [0.5, 0.6) is 0 Å². The van der Waals surface area contributed by atoms with Crippen LogP contribution >= 0.6 is 12.6 Å². The van der Waals surface area contributed by atoms with Crippen molar-refractivity contribution in [3.63, 3.8) is 0 Å². The Bertz CT molecular complexity index is 485. The average Bonchev–Trinajstić information content (AvgIpc) is 2.74. The molecule has 0 atom stereocenters. The summed E-state index contributed by atoms with van der Waals surface area (Å²) in [4.78, 5) is 12.1. The number of aliphatic hydroxyl groups is 1. The van der Waals surface area contributed by atoms with Gasteiger partial charge in [0.1, 0.15) is 5.60 Å². The Labute approximate surface area is 178 Å².